The van der Waals surface area contributed by atoms with E-state index >= 15 is 0 Å². The zero-order chi connectivity index (χ0) is 31.8. The molecule has 0 radical (unpaired) electrons. The minimum Gasteiger partial charge on any atom is -0.465 e. The van der Waals surface area contributed by atoms with Crippen LogP contribution in [-0.2, 0) is 28.6 Å². The summed E-state index contributed by atoms with van der Waals surface area (Å²) in [4.78, 5) is 38.5. The number of hydrogen-bond donors (Lipinski definition) is 0. The highest BCUT2D eigenvalue weighted by atomic mass is 16.6. The number of rotatable bonds is 5. The van der Waals surface area contributed by atoms with Crippen LogP contribution in [0.4, 0.5) is 0 Å². The number of hydrogen-bond acceptors (Lipinski definition) is 6. The van der Waals surface area contributed by atoms with Gasteiger partial charge in [-0.2, -0.15) is 0 Å². The Kier molecular flexibility index (Phi) is 8.03. The molecule has 0 N–H and O–H groups in total. The van der Waals surface area contributed by atoms with Crippen molar-refractivity contribution in [1.29, 1.82) is 0 Å². The molecule has 5 aliphatic rings. The second-order valence-electron chi connectivity index (χ2n) is 17.2. The topological polar surface area (TPSA) is 78.9 Å². The van der Waals surface area contributed by atoms with Crippen molar-refractivity contribution in [1.82, 2.24) is 0 Å². The van der Waals surface area contributed by atoms with Gasteiger partial charge < -0.3 is 14.2 Å². The zero-order valence-corrected chi connectivity index (χ0v) is 28.7. The Balaban J connectivity index is 1.57. The lowest BCUT2D eigenvalue weighted by atomic mass is 9.33. The Hall–Kier alpha value is -1.85. The van der Waals surface area contributed by atoms with E-state index in [1.165, 1.54) is 19.4 Å². The number of fused-ring (bicyclic) bond motifs is 7. The van der Waals surface area contributed by atoms with Crippen LogP contribution in [0, 0.1) is 50.2 Å². The summed E-state index contributed by atoms with van der Waals surface area (Å²) < 4.78 is 17.9. The maximum Gasteiger partial charge on any atom is 0.312 e. The fraction of sp³-hybridized carbons (Fsp3) is 0.865. The first-order chi connectivity index (χ1) is 19.9. The molecule has 0 bridgehead atoms. The van der Waals surface area contributed by atoms with Gasteiger partial charge in [-0.3, -0.25) is 14.4 Å². The fourth-order valence-electron chi connectivity index (χ4n) is 11.8. The second-order valence-corrected chi connectivity index (χ2v) is 17.2. The first kappa shape index (κ1) is 32.5. The molecule has 43 heavy (non-hydrogen) atoms. The number of allylic oxidation sites excluding steroid dienone is 2. The van der Waals surface area contributed by atoms with Gasteiger partial charge in [-0.05, 0) is 104 Å². The van der Waals surface area contributed by atoms with Crippen LogP contribution in [0.25, 0.3) is 0 Å². The SMILES string of the molecule is CCCOC(=O)[C@@]12CCC(C)(C)C[C@H]1C1=CC[C@H]3[C@@]4(C)C[C@H](OC(C)=O)[C@H](OC(C)=O)C(C)(C)[C@@H]4CC[C@]3(C)[C@]1(C)CC2. The number of esters is 3. The molecule has 4 fully saturated rings. The van der Waals surface area contributed by atoms with E-state index in [0.29, 0.717) is 24.9 Å². The van der Waals surface area contributed by atoms with Crippen molar-refractivity contribution >= 4 is 17.9 Å². The molecule has 4 saturated carbocycles. The van der Waals surface area contributed by atoms with Crippen LogP contribution in [0.5, 0.6) is 0 Å². The van der Waals surface area contributed by atoms with Crippen LogP contribution in [0.1, 0.15) is 133 Å². The van der Waals surface area contributed by atoms with E-state index in [2.05, 4.69) is 61.5 Å². The minimum atomic E-state index is -0.468. The maximum absolute atomic E-state index is 13.9. The Labute approximate surface area is 260 Å². The largest absolute Gasteiger partial charge is 0.465 e. The Bertz CT molecular complexity index is 1180. The Morgan fingerprint density at radius 3 is 2.12 bits per heavy atom. The van der Waals surface area contributed by atoms with Crippen LogP contribution in [-0.4, -0.2) is 36.7 Å². The molecule has 0 aromatic rings. The molecular formula is C37H58O6. The Morgan fingerprint density at radius 2 is 1.49 bits per heavy atom. The van der Waals surface area contributed by atoms with Gasteiger partial charge in [0.05, 0.1) is 12.0 Å². The minimum absolute atomic E-state index is 0.0235. The lowest BCUT2D eigenvalue weighted by Crippen LogP contribution is -2.67. The van der Waals surface area contributed by atoms with Crippen molar-refractivity contribution in [2.24, 2.45) is 50.2 Å². The molecule has 6 nitrogen and oxygen atoms in total. The van der Waals surface area contributed by atoms with E-state index in [9.17, 15) is 14.4 Å². The number of ether oxygens (including phenoxy) is 3. The van der Waals surface area contributed by atoms with E-state index in [4.69, 9.17) is 14.2 Å². The van der Waals surface area contributed by atoms with Crippen LogP contribution >= 0.6 is 0 Å². The molecule has 5 aliphatic carbocycles. The van der Waals surface area contributed by atoms with Crippen molar-refractivity contribution in [3.8, 4) is 0 Å². The van der Waals surface area contributed by atoms with E-state index in [1.807, 2.05) is 0 Å². The first-order valence-electron chi connectivity index (χ1n) is 17.1. The average molecular weight is 599 g/mol. The summed E-state index contributed by atoms with van der Waals surface area (Å²) in [5, 5.41) is 0. The normalized spacial score (nSPS) is 44.3. The molecule has 5 rings (SSSR count). The van der Waals surface area contributed by atoms with Crippen molar-refractivity contribution < 1.29 is 28.6 Å². The monoisotopic (exact) mass is 598 g/mol. The highest BCUT2D eigenvalue weighted by Crippen LogP contribution is 2.76. The Morgan fingerprint density at radius 1 is 0.837 bits per heavy atom. The highest BCUT2D eigenvalue weighted by Gasteiger charge is 2.71. The van der Waals surface area contributed by atoms with E-state index in [1.54, 1.807) is 0 Å². The summed E-state index contributed by atoms with van der Waals surface area (Å²) in [5.41, 5.74) is 0.868. The summed E-state index contributed by atoms with van der Waals surface area (Å²) in [5.74, 6) is 0.320. The lowest BCUT2D eigenvalue weighted by molar-refractivity contribution is -0.244. The number of carbonyl (C=O) groups excluding carboxylic acids is 3. The third-order valence-corrected chi connectivity index (χ3v) is 14.0. The van der Waals surface area contributed by atoms with Gasteiger partial charge in [0, 0.05) is 19.3 Å². The summed E-state index contributed by atoms with van der Waals surface area (Å²) in [6, 6.07) is 0. The molecule has 0 unspecified atom stereocenters. The maximum atomic E-state index is 13.9. The average Bonchev–Trinajstić information content (AvgIpc) is 2.89. The third-order valence-electron chi connectivity index (χ3n) is 14.0. The van der Waals surface area contributed by atoms with Crippen molar-refractivity contribution in [3.05, 3.63) is 11.6 Å². The van der Waals surface area contributed by atoms with E-state index in [0.717, 1.165) is 57.8 Å². The molecule has 242 valence electrons. The molecule has 6 heteroatoms. The van der Waals surface area contributed by atoms with Gasteiger partial charge >= 0.3 is 17.9 Å². The molecule has 0 spiro atoms. The zero-order valence-electron chi connectivity index (χ0n) is 28.7. The van der Waals surface area contributed by atoms with Gasteiger partial charge in [0.2, 0.25) is 0 Å². The second kappa shape index (κ2) is 10.6. The van der Waals surface area contributed by atoms with E-state index in [-0.39, 0.29) is 50.9 Å². The van der Waals surface area contributed by atoms with Gasteiger partial charge in [0.1, 0.15) is 12.2 Å². The van der Waals surface area contributed by atoms with Crippen molar-refractivity contribution in [2.75, 3.05) is 6.61 Å². The first-order valence-corrected chi connectivity index (χ1v) is 17.1. The standard InChI is InChI=1S/C37H58O6/c1-11-20-41-31(40)37-18-16-32(4,5)21-26(37)25-12-13-29-34(8)22-27(42-23(2)38)30(43-24(3)39)33(6,7)28(34)14-15-36(29,10)35(25,9)17-19-37/h12,26-30H,11,13-22H2,1-10H3/t26-,27-,28-,29-,30-,34-,35+,36-,37+/m0/s1. The van der Waals surface area contributed by atoms with Crippen LogP contribution in [0.3, 0.4) is 0 Å². The van der Waals surface area contributed by atoms with Crippen molar-refractivity contribution in [3.63, 3.8) is 0 Å². The van der Waals surface area contributed by atoms with E-state index < -0.39 is 17.6 Å². The molecule has 0 heterocycles. The third kappa shape index (κ3) is 4.82. The predicted molar refractivity (Wildman–Crippen MR) is 167 cm³/mol. The molecule has 0 aromatic carbocycles. The summed E-state index contributed by atoms with van der Waals surface area (Å²) in [6.07, 6.45) is 11.2. The molecule has 9 atom stereocenters. The summed E-state index contributed by atoms with van der Waals surface area (Å²) >= 11 is 0. The quantitative estimate of drug-likeness (QED) is 0.180. The molecular weight excluding hydrogens is 540 g/mol. The fourth-order valence-corrected chi connectivity index (χ4v) is 11.8. The van der Waals surface area contributed by atoms with Crippen molar-refractivity contribution in [2.45, 2.75) is 146 Å². The smallest absolute Gasteiger partial charge is 0.312 e. The number of carbonyl (C=O) groups is 3. The van der Waals surface area contributed by atoms with Crippen LogP contribution in [0.15, 0.2) is 11.6 Å². The summed E-state index contributed by atoms with van der Waals surface area (Å²) in [7, 11) is 0. The van der Waals surface area contributed by atoms with Crippen LogP contribution in [0.2, 0.25) is 0 Å². The lowest BCUT2D eigenvalue weighted by Gasteiger charge is -2.71. The summed E-state index contributed by atoms with van der Waals surface area (Å²) in [6.45, 7) is 22.1. The molecule has 0 aromatic heterocycles. The van der Waals surface area contributed by atoms with Crippen LogP contribution < -0.4 is 0 Å². The molecule has 0 aliphatic heterocycles. The predicted octanol–water partition coefficient (Wildman–Crippen LogP) is 8.21. The highest BCUT2D eigenvalue weighted by molar-refractivity contribution is 5.79. The van der Waals surface area contributed by atoms with Gasteiger partial charge in [-0.1, -0.05) is 67.0 Å². The van der Waals surface area contributed by atoms with Gasteiger partial charge in [-0.15, -0.1) is 0 Å². The van der Waals surface area contributed by atoms with Gasteiger partial charge in [0.25, 0.3) is 0 Å². The van der Waals surface area contributed by atoms with Gasteiger partial charge in [0.15, 0.2) is 0 Å². The van der Waals surface area contributed by atoms with Gasteiger partial charge in [-0.25, -0.2) is 0 Å². The molecule has 0 saturated heterocycles. The molecule has 0 amide bonds.